The lowest BCUT2D eigenvalue weighted by Crippen LogP contribution is -2.51. The smallest absolute Gasteiger partial charge is 0.321 e. The fraction of sp³-hybridized carbons (Fsp3) is 0.250. The molecule has 0 atom stereocenters. The average molecular weight is 356 g/mol. The first kappa shape index (κ1) is 17.4. The van der Waals surface area contributed by atoms with Gasteiger partial charge in [0.25, 0.3) is 0 Å². The summed E-state index contributed by atoms with van der Waals surface area (Å²) in [6, 6.07) is 15.9. The molecular formula is C20H22ClN3O. The Morgan fingerprint density at radius 1 is 1.08 bits per heavy atom. The van der Waals surface area contributed by atoms with Crippen LogP contribution in [0.2, 0.25) is 5.02 Å². The first-order chi connectivity index (χ1) is 12.1. The largest absolute Gasteiger partial charge is 0.368 e. The lowest BCUT2D eigenvalue weighted by molar-refractivity contribution is 0.198. The fourth-order valence-electron chi connectivity index (χ4n) is 2.90. The monoisotopic (exact) mass is 355 g/mol. The van der Waals surface area contributed by atoms with Gasteiger partial charge in [-0.1, -0.05) is 35.9 Å². The number of carbonyl (C=O) groups excluding carboxylic acids is 1. The molecule has 1 saturated heterocycles. The molecule has 1 N–H and O–H groups in total. The molecule has 2 aromatic carbocycles. The Balaban J connectivity index is 1.50. The number of hydrogen-bond donors (Lipinski definition) is 1. The van der Waals surface area contributed by atoms with Crippen LogP contribution in [0.5, 0.6) is 0 Å². The van der Waals surface area contributed by atoms with Crippen molar-refractivity contribution in [1.29, 1.82) is 0 Å². The van der Waals surface area contributed by atoms with E-state index in [-0.39, 0.29) is 6.03 Å². The van der Waals surface area contributed by atoms with E-state index in [1.54, 1.807) is 6.20 Å². The number of urea groups is 1. The maximum absolute atomic E-state index is 12.3. The van der Waals surface area contributed by atoms with E-state index in [1.165, 1.54) is 11.3 Å². The van der Waals surface area contributed by atoms with Crippen molar-refractivity contribution in [2.24, 2.45) is 0 Å². The lowest BCUT2D eigenvalue weighted by atomic mass is 10.2. The van der Waals surface area contributed by atoms with Gasteiger partial charge in [0.15, 0.2) is 0 Å². The van der Waals surface area contributed by atoms with Crippen LogP contribution < -0.4 is 10.2 Å². The highest BCUT2D eigenvalue weighted by atomic mass is 35.5. The van der Waals surface area contributed by atoms with E-state index < -0.39 is 0 Å². The van der Waals surface area contributed by atoms with Crippen LogP contribution in [0.15, 0.2) is 54.7 Å². The van der Waals surface area contributed by atoms with Crippen molar-refractivity contribution in [3.05, 3.63) is 70.9 Å². The normalized spacial score (nSPS) is 14.8. The Labute approximate surface area is 153 Å². The Bertz CT molecular complexity index is 767. The summed E-state index contributed by atoms with van der Waals surface area (Å²) in [6.07, 6.45) is 3.51. The predicted molar refractivity (Wildman–Crippen MR) is 104 cm³/mol. The maximum atomic E-state index is 12.3. The third-order valence-corrected chi connectivity index (χ3v) is 4.50. The van der Waals surface area contributed by atoms with E-state index in [9.17, 15) is 4.79 Å². The van der Waals surface area contributed by atoms with Gasteiger partial charge in [0, 0.05) is 43.1 Å². The van der Waals surface area contributed by atoms with E-state index in [2.05, 4.69) is 41.4 Å². The van der Waals surface area contributed by atoms with Gasteiger partial charge in [-0.05, 0) is 48.4 Å². The van der Waals surface area contributed by atoms with Crippen molar-refractivity contribution >= 4 is 29.4 Å². The number of anilines is 1. The molecule has 4 nitrogen and oxygen atoms in total. The minimum atomic E-state index is -0.0674. The van der Waals surface area contributed by atoms with Crippen molar-refractivity contribution < 1.29 is 4.79 Å². The van der Waals surface area contributed by atoms with Crippen molar-refractivity contribution in [2.45, 2.75) is 6.92 Å². The Hall–Kier alpha value is -2.46. The molecule has 0 aliphatic carbocycles. The molecule has 0 radical (unpaired) electrons. The van der Waals surface area contributed by atoms with Crippen LogP contribution in [0.3, 0.4) is 0 Å². The van der Waals surface area contributed by atoms with Crippen molar-refractivity contribution in [3.8, 4) is 0 Å². The first-order valence-corrected chi connectivity index (χ1v) is 8.79. The molecule has 0 unspecified atom stereocenters. The molecule has 2 aromatic rings. The molecule has 2 amide bonds. The summed E-state index contributed by atoms with van der Waals surface area (Å²) >= 11 is 5.95. The summed E-state index contributed by atoms with van der Waals surface area (Å²) in [5, 5.41) is 3.51. The molecule has 3 rings (SSSR count). The van der Waals surface area contributed by atoms with Crippen LogP contribution in [0, 0.1) is 6.92 Å². The van der Waals surface area contributed by atoms with Crippen LogP contribution in [0.25, 0.3) is 6.08 Å². The van der Waals surface area contributed by atoms with Crippen LogP contribution >= 0.6 is 11.6 Å². The molecule has 0 spiro atoms. The van der Waals surface area contributed by atoms with Crippen LogP contribution in [-0.2, 0) is 0 Å². The van der Waals surface area contributed by atoms with Crippen molar-refractivity contribution in [3.63, 3.8) is 0 Å². The zero-order valence-electron chi connectivity index (χ0n) is 14.3. The zero-order chi connectivity index (χ0) is 17.6. The summed E-state index contributed by atoms with van der Waals surface area (Å²) in [5.41, 5.74) is 3.43. The molecule has 130 valence electrons. The van der Waals surface area contributed by atoms with Gasteiger partial charge < -0.3 is 15.1 Å². The highest BCUT2D eigenvalue weighted by Crippen LogP contribution is 2.17. The van der Waals surface area contributed by atoms with E-state index in [1.807, 2.05) is 35.2 Å². The van der Waals surface area contributed by atoms with Gasteiger partial charge >= 0.3 is 6.03 Å². The number of rotatable bonds is 3. The average Bonchev–Trinajstić information content (AvgIpc) is 2.62. The molecule has 1 aliphatic rings. The number of benzene rings is 2. The molecule has 0 aromatic heterocycles. The molecule has 1 aliphatic heterocycles. The molecule has 0 bridgehead atoms. The van der Waals surface area contributed by atoms with Gasteiger partial charge in [-0.25, -0.2) is 4.79 Å². The quantitative estimate of drug-likeness (QED) is 0.897. The molecule has 1 heterocycles. The SMILES string of the molecule is Cc1cccc(N2CCN(C(=O)N/C=C/c3cccc(Cl)c3)CC2)c1. The molecule has 25 heavy (non-hydrogen) atoms. The predicted octanol–water partition coefficient (Wildman–Crippen LogP) is 4.15. The van der Waals surface area contributed by atoms with Gasteiger partial charge in [-0.2, -0.15) is 0 Å². The number of aryl methyl sites for hydroxylation is 1. The van der Waals surface area contributed by atoms with E-state index in [4.69, 9.17) is 11.6 Å². The van der Waals surface area contributed by atoms with Crippen LogP contribution in [-0.4, -0.2) is 37.1 Å². The number of piperazine rings is 1. The van der Waals surface area contributed by atoms with E-state index in [0.29, 0.717) is 18.1 Å². The van der Waals surface area contributed by atoms with Crippen molar-refractivity contribution in [1.82, 2.24) is 10.2 Å². The van der Waals surface area contributed by atoms with Gasteiger partial charge in [-0.3, -0.25) is 0 Å². The zero-order valence-corrected chi connectivity index (χ0v) is 15.0. The van der Waals surface area contributed by atoms with Crippen LogP contribution in [0.1, 0.15) is 11.1 Å². The number of halogens is 1. The number of amides is 2. The molecule has 0 saturated carbocycles. The summed E-state index contributed by atoms with van der Waals surface area (Å²) in [6.45, 7) is 5.21. The highest BCUT2D eigenvalue weighted by Gasteiger charge is 2.20. The van der Waals surface area contributed by atoms with Crippen molar-refractivity contribution in [2.75, 3.05) is 31.1 Å². The Morgan fingerprint density at radius 3 is 2.56 bits per heavy atom. The van der Waals surface area contributed by atoms with Gasteiger partial charge in [0.05, 0.1) is 0 Å². The number of hydrogen-bond acceptors (Lipinski definition) is 2. The molecular weight excluding hydrogens is 334 g/mol. The lowest BCUT2D eigenvalue weighted by Gasteiger charge is -2.36. The number of carbonyl (C=O) groups is 1. The van der Waals surface area contributed by atoms with Gasteiger partial charge in [-0.15, -0.1) is 0 Å². The Morgan fingerprint density at radius 2 is 1.84 bits per heavy atom. The number of nitrogens with one attached hydrogen (secondary N) is 1. The standard InChI is InChI=1S/C20H22ClN3O/c1-16-4-2-7-19(14-16)23-10-12-24(13-11-23)20(25)22-9-8-17-5-3-6-18(21)15-17/h2-9,14-15H,10-13H2,1H3,(H,22,25)/b9-8+. The minimum Gasteiger partial charge on any atom is -0.368 e. The second-order valence-corrected chi connectivity index (χ2v) is 6.59. The second-order valence-electron chi connectivity index (χ2n) is 6.15. The van der Waals surface area contributed by atoms with Gasteiger partial charge in [0.1, 0.15) is 0 Å². The number of nitrogens with zero attached hydrogens (tertiary/aromatic N) is 2. The molecule has 5 heteroatoms. The third kappa shape index (κ3) is 4.77. The van der Waals surface area contributed by atoms with E-state index in [0.717, 1.165) is 18.7 Å². The highest BCUT2D eigenvalue weighted by molar-refractivity contribution is 6.30. The van der Waals surface area contributed by atoms with Crippen LogP contribution in [0.4, 0.5) is 10.5 Å². The summed E-state index contributed by atoms with van der Waals surface area (Å²) in [5.74, 6) is 0. The van der Waals surface area contributed by atoms with Gasteiger partial charge in [0.2, 0.25) is 0 Å². The Kier molecular flexibility index (Phi) is 5.61. The molecule has 1 fully saturated rings. The second kappa shape index (κ2) is 8.08. The van der Waals surface area contributed by atoms with E-state index >= 15 is 0 Å². The summed E-state index contributed by atoms with van der Waals surface area (Å²) in [7, 11) is 0. The summed E-state index contributed by atoms with van der Waals surface area (Å²) < 4.78 is 0. The third-order valence-electron chi connectivity index (χ3n) is 4.26. The first-order valence-electron chi connectivity index (χ1n) is 8.41. The maximum Gasteiger partial charge on any atom is 0.321 e. The summed E-state index contributed by atoms with van der Waals surface area (Å²) in [4.78, 5) is 16.4. The minimum absolute atomic E-state index is 0.0674. The topological polar surface area (TPSA) is 35.6 Å². The fourth-order valence-corrected chi connectivity index (χ4v) is 3.10.